The number of aromatic amines is 1. The third-order valence-electron chi connectivity index (χ3n) is 1.41. The van der Waals surface area contributed by atoms with Crippen LogP contribution in [0.2, 0.25) is 0 Å². The van der Waals surface area contributed by atoms with E-state index in [9.17, 15) is 0 Å². The summed E-state index contributed by atoms with van der Waals surface area (Å²) in [5.74, 6) is 4.16. The molecule has 12 heavy (non-hydrogen) atoms. The van der Waals surface area contributed by atoms with Crippen LogP contribution in [0, 0.1) is 12.3 Å². The Labute approximate surface area is 71.8 Å². The topological polar surface area (TPSA) is 53.6 Å². The summed E-state index contributed by atoms with van der Waals surface area (Å²) >= 11 is 0. The average Bonchev–Trinajstić information content (AvgIpc) is 2.53. The molecule has 0 aromatic carbocycles. The maximum atomic E-state index is 5.07. The average molecular weight is 164 g/mol. The van der Waals surface area contributed by atoms with Gasteiger partial charge >= 0.3 is 0 Å². The Kier molecular flexibility index (Phi) is 3.30. The van der Waals surface area contributed by atoms with Crippen LogP contribution in [0.25, 0.3) is 0 Å². The van der Waals surface area contributed by atoms with Gasteiger partial charge in [0.25, 0.3) is 0 Å². The highest BCUT2D eigenvalue weighted by Gasteiger charge is 1.98. The van der Waals surface area contributed by atoms with Gasteiger partial charge in [0, 0.05) is 6.42 Å². The molecule has 0 spiro atoms. The number of rotatable bonds is 4. The number of nitrogens with zero attached hydrogens (tertiary/aromatic N) is 2. The second-order valence-electron chi connectivity index (χ2n) is 2.36. The van der Waals surface area contributed by atoms with E-state index in [0.717, 1.165) is 18.1 Å². The van der Waals surface area contributed by atoms with Gasteiger partial charge in [0.1, 0.15) is 11.6 Å². The van der Waals surface area contributed by atoms with E-state index in [1.165, 1.54) is 0 Å². The first-order valence-corrected chi connectivity index (χ1v) is 3.91. The third kappa shape index (κ3) is 2.36. The molecule has 2 N–H and O–H groups in total. The normalized spacial score (nSPS) is 9.67. The SMILES string of the molecule is C#CCNCc1nc(CC)n[nH]1. The molecule has 1 aromatic rings. The molecule has 1 rings (SSSR count). The van der Waals surface area contributed by atoms with Crippen LogP contribution in [0.5, 0.6) is 0 Å². The fourth-order valence-electron chi connectivity index (χ4n) is 0.825. The van der Waals surface area contributed by atoms with Gasteiger partial charge in [-0.05, 0) is 0 Å². The summed E-state index contributed by atoms with van der Waals surface area (Å²) in [7, 11) is 0. The van der Waals surface area contributed by atoms with Crippen molar-refractivity contribution >= 4 is 0 Å². The number of H-pyrrole nitrogens is 1. The molecule has 0 saturated heterocycles. The van der Waals surface area contributed by atoms with Crippen LogP contribution in [0.1, 0.15) is 18.6 Å². The summed E-state index contributed by atoms with van der Waals surface area (Å²) in [5, 5.41) is 9.83. The molecule has 0 unspecified atom stereocenters. The van der Waals surface area contributed by atoms with Crippen molar-refractivity contribution in [2.45, 2.75) is 19.9 Å². The van der Waals surface area contributed by atoms with Crippen molar-refractivity contribution in [2.75, 3.05) is 6.54 Å². The summed E-state index contributed by atoms with van der Waals surface area (Å²) < 4.78 is 0. The van der Waals surface area contributed by atoms with Crippen LogP contribution >= 0.6 is 0 Å². The Morgan fingerprint density at radius 3 is 3.08 bits per heavy atom. The van der Waals surface area contributed by atoms with Gasteiger partial charge in [-0.3, -0.25) is 10.4 Å². The van der Waals surface area contributed by atoms with Gasteiger partial charge in [0.05, 0.1) is 13.1 Å². The number of hydrogen-bond donors (Lipinski definition) is 2. The highest BCUT2D eigenvalue weighted by atomic mass is 15.2. The van der Waals surface area contributed by atoms with E-state index in [1.807, 2.05) is 6.92 Å². The minimum atomic E-state index is 0.558. The fraction of sp³-hybridized carbons (Fsp3) is 0.500. The van der Waals surface area contributed by atoms with Gasteiger partial charge < -0.3 is 0 Å². The van der Waals surface area contributed by atoms with Gasteiger partial charge in [-0.1, -0.05) is 12.8 Å². The molecule has 0 aliphatic carbocycles. The molecule has 0 bridgehead atoms. The first-order chi connectivity index (χ1) is 5.86. The van der Waals surface area contributed by atoms with Crippen molar-refractivity contribution in [3.05, 3.63) is 11.6 Å². The van der Waals surface area contributed by atoms with Crippen molar-refractivity contribution in [3.63, 3.8) is 0 Å². The highest BCUT2D eigenvalue weighted by molar-refractivity contribution is 4.92. The lowest BCUT2D eigenvalue weighted by molar-refractivity contribution is 0.727. The zero-order valence-electron chi connectivity index (χ0n) is 7.09. The number of aromatic nitrogens is 3. The Morgan fingerprint density at radius 2 is 2.50 bits per heavy atom. The number of terminal acetylenes is 1. The second kappa shape index (κ2) is 4.52. The first kappa shape index (κ1) is 8.75. The van der Waals surface area contributed by atoms with Gasteiger partial charge in [0.2, 0.25) is 0 Å². The molecular formula is C8H12N4. The van der Waals surface area contributed by atoms with Gasteiger partial charge in [0.15, 0.2) is 0 Å². The molecule has 1 aromatic heterocycles. The Hall–Kier alpha value is -1.34. The first-order valence-electron chi connectivity index (χ1n) is 3.91. The highest BCUT2D eigenvalue weighted by Crippen LogP contribution is 1.91. The van der Waals surface area contributed by atoms with Crippen molar-refractivity contribution < 1.29 is 0 Å². The largest absolute Gasteiger partial charge is 0.299 e. The van der Waals surface area contributed by atoms with Crippen LogP contribution in [0.3, 0.4) is 0 Å². The molecule has 0 saturated carbocycles. The lowest BCUT2D eigenvalue weighted by Gasteiger charge is -1.93. The summed E-state index contributed by atoms with van der Waals surface area (Å²) in [6.45, 7) is 3.22. The lowest BCUT2D eigenvalue weighted by atomic mass is 10.5. The monoisotopic (exact) mass is 164 g/mol. The van der Waals surface area contributed by atoms with Crippen molar-refractivity contribution in [1.29, 1.82) is 0 Å². The summed E-state index contributed by atoms with van der Waals surface area (Å²) in [5.41, 5.74) is 0. The quantitative estimate of drug-likeness (QED) is 0.490. The summed E-state index contributed by atoms with van der Waals surface area (Å²) in [4.78, 5) is 4.20. The molecule has 0 radical (unpaired) electrons. The van der Waals surface area contributed by atoms with E-state index < -0.39 is 0 Å². The Morgan fingerprint density at radius 1 is 1.67 bits per heavy atom. The number of hydrogen-bond acceptors (Lipinski definition) is 3. The molecule has 0 amide bonds. The summed E-state index contributed by atoms with van der Waals surface area (Å²) in [6.07, 6.45) is 5.92. The van der Waals surface area contributed by atoms with Crippen LogP contribution in [-0.4, -0.2) is 21.7 Å². The lowest BCUT2D eigenvalue weighted by Crippen LogP contribution is -2.14. The molecular weight excluding hydrogens is 152 g/mol. The van der Waals surface area contributed by atoms with Crippen LogP contribution in [-0.2, 0) is 13.0 Å². The van der Waals surface area contributed by atoms with Crippen molar-refractivity contribution in [1.82, 2.24) is 20.5 Å². The Bertz CT molecular complexity index is 271. The number of aryl methyl sites for hydroxylation is 1. The van der Waals surface area contributed by atoms with E-state index in [2.05, 4.69) is 26.4 Å². The minimum Gasteiger partial charge on any atom is -0.299 e. The second-order valence-corrected chi connectivity index (χ2v) is 2.36. The third-order valence-corrected chi connectivity index (χ3v) is 1.41. The molecule has 64 valence electrons. The van der Waals surface area contributed by atoms with Gasteiger partial charge in [-0.2, -0.15) is 5.10 Å². The van der Waals surface area contributed by atoms with Crippen LogP contribution in [0.15, 0.2) is 0 Å². The van der Waals surface area contributed by atoms with E-state index in [1.54, 1.807) is 0 Å². The fourth-order valence-corrected chi connectivity index (χ4v) is 0.825. The summed E-state index contributed by atoms with van der Waals surface area (Å²) in [6, 6.07) is 0. The predicted molar refractivity (Wildman–Crippen MR) is 46.3 cm³/mol. The van der Waals surface area contributed by atoms with Crippen LogP contribution < -0.4 is 5.32 Å². The van der Waals surface area contributed by atoms with E-state index >= 15 is 0 Å². The smallest absolute Gasteiger partial charge is 0.150 e. The van der Waals surface area contributed by atoms with Crippen LogP contribution in [0.4, 0.5) is 0 Å². The zero-order chi connectivity index (χ0) is 8.81. The molecule has 0 aliphatic heterocycles. The molecule has 0 aliphatic rings. The molecule has 1 heterocycles. The van der Waals surface area contributed by atoms with Crippen molar-refractivity contribution in [3.8, 4) is 12.3 Å². The molecule has 4 nitrogen and oxygen atoms in total. The van der Waals surface area contributed by atoms with E-state index in [-0.39, 0.29) is 0 Å². The maximum Gasteiger partial charge on any atom is 0.150 e. The number of nitrogens with one attached hydrogen (secondary N) is 2. The zero-order valence-corrected chi connectivity index (χ0v) is 7.09. The predicted octanol–water partition coefficient (Wildman–Crippen LogP) is 0.0899. The van der Waals surface area contributed by atoms with Crippen molar-refractivity contribution in [2.24, 2.45) is 0 Å². The van der Waals surface area contributed by atoms with Gasteiger partial charge in [-0.25, -0.2) is 4.98 Å². The van der Waals surface area contributed by atoms with E-state index in [0.29, 0.717) is 13.1 Å². The molecule has 4 heteroatoms. The van der Waals surface area contributed by atoms with Gasteiger partial charge in [-0.15, -0.1) is 6.42 Å². The van der Waals surface area contributed by atoms with E-state index in [4.69, 9.17) is 6.42 Å². The molecule has 0 atom stereocenters. The maximum absolute atomic E-state index is 5.07. The minimum absolute atomic E-state index is 0.558. The Balaban J connectivity index is 2.37. The molecule has 0 fully saturated rings. The standard InChI is InChI=1S/C8H12N4/c1-3-5-9-6-8-10-7(4-2)11-12-8/h1,9H,4-6H2,2H3,(H,10,11,12).